The average Bonchev–Trinajstić information content (AvgIpc) is 1.72. The largest absolute Gasteiger partial charge is 1.00 e. The molecular formula is CH5NNa2O4S2. The van der Waals surface area contributed by atoms with E-state index >= 15 is 0 Å². The van der Waals surface area contributed by atoms with Crippen molar-refractivity contribution in [1.82, 2.24) is 0 Å². The van der Waals surface area contributed by atoms with Gasteiger partial charge in [0.1, 0.15) is 0 Å². The third-order valence-corrected chi connectivity index (χ3v) is 1.00. The third kappa shape index (κ3) is 22.5. The third-order valence-electron chi connectivity index (χ3n) is 0.111. The van der Waals surface area contributed by atoms with Crippen molar-refractivity contribution in [3.63, 3.8) is 0 Å². The minimum Gasteiger partial charge on any atom is -0.763 e. The van der Waals surface area contributed by atoms with Crippen LogP contribution in [-0.2, 0) is 20.2 Å². The van der Waals surface area contributed by atoms with Crippen molar-refractivity contribution in [2.24, 2.45) is 5.73 Å². The van der Waals surface area contributed by atoms with Crippen LogP contribution in [0.5, 0.6) is 0 Å². The van der Waals surface area contributed by atoms with Crippen LogP contribution in [0.25, 0.3) is 0 Å². The first-order valence-corrected chi connectivity index (χ1v) is 4.08. The smallest absolute Gasteiger partial charge is 0.763 e. The van der Waals surface area contributed by atoms with Crippen LogP contribution in [0.1, 0.15) is 0 Å². The van der Waals surface area contributed by atoms with Crippen LogP contribution in [0.3, 0.4) is 0 Å². The van der Waals surface area contributed by atoms with E-state index in [1.165, 1.54) is 7.05 Å². The van der Waals surface area contributed by atoms with Crippen molar-refractivity contribution >= 4 is 20.2 Å². The van der Waals surface area contributed by atoms with Crippen molar-refractivity contribution in [2.75, 3.05) is 7.05 Å². The van der Waals surface area contributed by atoms with Crippen LogP contribution in [0, 0.1) is 0 Å². The molecule has 0 rings (SSSR count). The first-order valence-electron chi connectivity index (χ1n) is 1.41. The average molecular weight is 205 g/mol. The van der Waals surface area contributed by atoms with Gasteiger partial charge >= 0.3 is 59.1 Å². The fraction of sp³-hybridized carbons (Fsp3) is 1.00. The molecule has 0 aromatic heterocycles. The first kappa shape index (κ1) is 22.8. The van der Waals surface area contributed by atoms with Gasteiger partial charge in [0.05, 0.1) is 0 Å². The number of hydrogen-bond donors (Lipinski definition) is 1. The molecular weight excluding hydrogens is 200 g/mol. The van der Waals surface area contributed by atoms with Gasteiger partial charge in [-0.3, -0.25) is 8.42 Å². The Kier molecular flexibility index (Phi) is 39.4. The van der Waals surface area contributed by atoms with E-state index in [0.29, 0.717) is 0 Å². The predicted molar refractivity (Wildman–Crippen MR) is 28.0 cm³/mol. The molecule has 0 amide bonds. The molecule has 0 bridgehead atoms. The molecule has 0 radical (unpaired) electrons. The van der Waals surface area contributed by atoms with Crippen molar-refractivity contribution < 1.29 is 76.6 Å². The van der Waals surface area contributed by atoms with Crippen molar-refractivity contribution in [1.29, 1.82) is 0 Å². The van der Waals surface area contributed by atoms with Gasteiger partial charge in [0.25, 0.3) is 0 Å². The van der Waals surface area contributed by atoms with E-state index in [1.807, 2.05) is 0 Å². The van der Waals surface area contributed by atoms with Crippen LogP contribution >= 0.6 is 0 Å². The minimum atomic E-state index is -2.95. The summed E-state index contributed by atoms with van der Waals surface area (Å²) in [6, 6.07) is 0. The fourth-order valence-electron chi connectivity index (χ4n) is 0. The Morgan fingerprint density at radius 3 is 1.10 bits per heavy atom. The summed E-state index contributed by atoms with van der Waals surface area (Å²) in [6.07, 6.45) is 0. The summed E-state index contributed by atoms with van der Waals surface area (Å²) in [5, 5.41) is 0. The van der Waals surface area contributed by atoms with Crippen LogP contribution in [0.2, 0.25) is 0 Å². The molecule has 2 unspecified atom stereocenters. The molecule has 0 aliphatic carbocycles. The molecule has 0 fully saturated rings. The summed E-state index contributed by atoms with van der Waals surface area (Å²) in [5.74, 6) is 0. The SMILES string of the molecule is CN.O=S([O-])S(=O)[O-].[Na+].[Na+]. The fourth-order valence-corrected chi connectivity index (χ4v) is 0. The van der Waals surface area contributed by atoms with E-state index in [2.05, 4.69) is 5.73 Å². The molecule has 0 aliphatic rings. The Morgan fingerprint density at radius 2 is 1.10 bits per heavy atom. The second-order valence-electron chi connectivity index (χ2n) is 0.408. The Hall–Kier alpha value is 2.18. The second kappa shape index (κ2) is 17.3. The van der Waals surface area contributed by atoms with Crippen LogP contribution in [0.15, 0.2) is 0 Å². The van der Waals surface area contributed by atoms with Gasteiger partial charge in [-0.2, -0.15) is 0 Å². The van der Waals surface area contributed by atoms with Crippen LogP contribution in [-0.4, -0.2) is 24.6 Å². The standard InChI is InChI=1S/CH5N.2Na.H2O4S2/c1-2;;;1-5(2)6(3)4/h2H2,1H3;;;(H,1,2)(H,3,4)/q;2*+1;/p-2. The summed E-state index contributed by atoms with van der Waals surface area (Å²) in [6.45, 7) is 0. The topological polar surface area (TPSA) is 106 Å². The summed E-state index contributed by atoms with van der Waals surface area (Å²) in [7, 11) is -4.40. The van der Waals surface area contributed by atoms with Crippen LogP contribution in [0.4, 0.5) is 0 Å². The monoisotopic (exact) mass is 205 g/mol. The van der Waals surface area contributed by atoms with E-state index in [-0.39, 0.29) is 59.1 Å². The maximum atomic E-state index is 9.09. The molecule has 0 aliphatic heterocycles. The molecule has 10 heavy (non-hydrogen) atoms. The van der Waals surface area contributed by atoms with E-state index < -0.39 is 20.2 Å². The van der Waals surface area contributed by atoms with E-state index in [0.717, 1.165) is 0 Å². The first-order chi connectivity index (χ1) is 3.64. The number of rotatable bonds is 1. The van der Waals surface area contributed by atoms with Crippen molar-refractivity contribution in [3.8, 4) is 0 Å². The van der Waals surface area contributed by atoms with Gasteiger partial charge in [-0.05, 0) is 7.05 Å². The molecule has 0 heterocycles. The quantitative estimate of drug-likeness (QED) is 0.260. The summed E-state index contributed by atoms with van der Waals surface area (Å²) in [4.78, 5) is 0. The second-order valence-corrected chi connectivity index (χ2v) is 2.86. The van der Waals surface area contributed by atoms with Crippen molar-refractivity contribution in [2.45, 2.75) is 0 Å². The molecule has 0 spiro atoms. The minimum absolute atomic E-state index is 0. The maximum absolute atomic E-state index is 9.09. The Morgan fingerprint density at radius 1 is 1.00 bits per heavy atom. The molecule has 52 valence electrons. The molecule has 0 saturated carbocycles. The summed E-state index contributed by atoms with van der Waals surface area (Å²) in [5.41, 5.74) is 4.50. The van der Waals surface area contributed by atoms with E-state index in [1.54, 1.807) is 0 Å². The Balaban J connectivity index is -0.0000000412. The Bertz CT molecular complexity index is 87.3. The molecule has 0 saturated heterocycles. The number of hydrogen-bond acceptors (Lipinski definition) is 5. The Labute approximate surface area is 108 Å². The van der Waals surface area contributed by atoms with Crippen LogP contribution < -0.4 is 64.8 Å². The molecule has 2 N–H and O–H groups in total. The van der Waals surface area contributed by atoms with E-state index in [4.69, 9.17) is 17.5 Å². The zero-order valence-electron chi connectivity index (χ0n) is 6.03. The van der Waals surface area contributed by atoms with Crippen molar-refractivity contribution in [3.05, 3.63) is 0 Å². The van der Waals surface area contributed by atoms with E-state index in [9.17, 15) is 0 Å². The van der Waals surface area contributed by atoms with Gasteiger partial charge in [0.15, 0.2) is 0 Å². The molecule has 2 atom stereocenters. The van der Waals surface area contributed by atoms with Gasteiger partial charge in [0.2, 0.25) is 0 Å². The maximum Gasteiger partial charge on any atom is 1.00 e. The number of nitrogens with two attached hydrogens (primary N) is 1. The van der Waals surface area contributed by atoms with Gasteiger partial charge in [0, 0.05) is 20.2 Å². The van der Waals surface area contributed by atoms with Gasteiger partial charge in [-0.1, -0.05) is 0 Å². The zero-order valence-corrected chi connectivity index (χ0v) is 11.7. The molecule has 5 nitrogen and oxygen atoms in total. The summed E-state index contributed by atoms with van der Waals surface area (Å²) >= 11 is 0. The molecule has 0 aromatic carbocycles. The summed E-state index contributed by atoms with van der Waals surface area (Å²) < 4.78 is 36.3. The molecule has 0 aromatic rings. The van der Waals surface area contributed by atoms with Gasteiger partial charge in [-0.25, -0.2) is 0 Å². The normalized spacial score (nSPS) is 12.4. The zero-order chi connectivity index (χ0) is 7.15. The van der Waals surface area contributed by atoms with Gasteiger partial charge < -0.3 is 14.8 Å². The van der Waals surface area contributed by atoms with Gasteiger partial charge in [-0.15, -0.1) is 0 Å². The predicted octanol–water partition coefficient (Wildman–Crippen LogP) is -7.76. The molecule has 9 heteroatoms.